The average molecular weight is 281 g/mol. The minimum atomic E-state index is -0.414. The molecule has 0 aliphatic carbocycles. The van der Waals surface area contributed by atoms with Crippen molar-refractivity contribution in [1.29, 1.82) is 0 Å². The van der Waals surface area contributed by atoms with Gasteiger partial charge in [-0.3, -0.25) is 9.69 Å². The normalized spacial score (nSPS) is 12.8. The first kappa shape index (κ1) is 16.4. The van der Waals surface area contributed by atoms with Crippen LogP contribution in [0.1, 0.15) is 33.6 Å². The molecule has 0 aromatic heterocycles. The highest BCUT2D eigenvalue weighted by Gasteiger charge is 2.23. The molecular weight excluding hydrogens is 257 g/mol. The number of carbonyl (C=O) groups excluding carboxylic acids is 1. The van der Waals surface area contributed by atoms with Gasteiger partial charge in [0.2, 0.25) is 5.91 Å². The van der Waals surface area contributed by atoms with Gasteiger partial charge in [0, 0.05) is 6.04 Å². The fourth-order valence-electron chi connectivity index (χ4n) is 2.25. The minimum Gasteiger partial charge on any atom is -0.397 e. The van der Waals surface area contributed by atoms with Crippen LogP contribution in [0.5, 0.6) is 0 Å². The predicted molar refractivity (Wildman–Crippen MR) is 81.0 cm³/mol. The smallest absolute Gasteiger partial charge is 0.241 e. The van der Waals surface area contributed by atoms with E-state index in [1.54, 1.807) is 0 Å². The molecular formula is C15H24FN3O. The summed E-state index contributed by atoms with van der Waals surface area (Å²) in [6.07, 6.45) is 1.98. The maximum Gasteiger partial charge on any atom is 0.241 e. The Morgan fingerprint density at radius 1 is 1.40 bits per heavy atom. The zero-order valence-corrected chi connectivity index (χ0v) is 12.6. The molecule has 5 heteroatoms. The molecule has 1 amide bonds. The molecule has 1 aromatic carbocycles. The van der Waals surface area contributed by atoms with Crippen molar-refractivity contribution in [3.8, 4) is 0 Å². The first-order chi connectivity index (χ1) is 9.40. The molecule has 1 rings (SSSR count). The van der Waals surface area contributed by atoms with Gasteiger partial charge in [-0.2, -0.15) is 0 Å². The number of rotatable bonds is 6. The number of hydrogen-bond acceptors (Lipinski definition) is 3. The molecule has 1 aromatic rings. The van der Waals surface area contributed by atoms with Crippen LogP contribution in [0.4, 0.5) is 15.8 Å². The fourth-order valence-corrected chi connectivity index (χ4v) is 2.25. The van der Waals surface area contributed by atoms with E-state index in [2.05, 4.69) is 24.1 Å². The summed E-state index contributed by atoms with van der Waals surface area (Å²) in [7, 11) is 1.94. The van der Waals surface area contributed by atoms with Crippen LogP contribution in [0.3, 0.4) is 0 Å². The predicted octanol–water partition coefficient (Wildman–Crippen LogP) is 2.86. The lowest BCUT2D eigenvalue weighted by Crippen LogP contribution is -2.45. The van der Waals surface area contributed by atoms with Gasteiger partial charge >= 0.3 is 0 Å². The molecule has 0 heterocycles. The summed E-state index contributed by atoms with van der Waals surface area (Å²) in [5.74, 6) is -0.555. The molecule has 1 atom stereocenters. The first-order valence-corrected chi connectivity index (χ1v) is 6.98. The largest absolute Gasteiger partial charge is 0.397 e. The molecule has 0 aliphatic heterocycles. The maximum absolute atomic E-state index is 13.0. The number of anilines is 2. The van der Waals surface area contributed by atoms with Crippen LogP contribution < -0.4 is 11.1 Å². The standard InChI is InChI=1S/C15H24FN3O/c1-5-12(6-2)19(4)10(3)15(20)18-14-8-7-11(16)9-13(14)17/h7-10,12H,5-6,17H2,1-4H3,(H,18,20). The Morgan fingerprint density at radius 2 is 2.00 bits per heavy atom. The second-order valence-corrected chi connectivity index (χ2v) is 5.03. The number of benzene rings is 1. The lowest BCUT2D eigenvalue weighted by Gasteiger charge is -2.31. The highest BCUT2D eigenvalue weighted by Crippen LogP contribution is 2.20. The highest BCUT2D eigenvalue weighted by molar-refractivity contribution is 5.97. The van der Waals surface area contributed by atoms with Crippen LogP contribution in [0.25, 0.3) is 0 Å². The van der Waals surface area contributed by atoms with Gasteiger partial charge in [0.15, 0.2) is 0 Å². The van der Waals surface area contributed by atoms with Gasteiger partial charge in [-0.1, -0.05) is 13.8 Å². The van der Waals surface area contributed by atoms with Crippen LogP contribution in [0.2, 0.25) is 0 Å². The van der Waals surface area contributed by atoms with E-state index in [4.69, 9.17) is 5.73 Å². The Hall–Kier alpha value is -1.62. The van der Waals surface area contributed by atoms with Crippen LogP contribution in [-0.4, -0.2) is 29.9 Å². The van der Waals surface area contributed by atoms with E-state index in [1.807, 2.05) is 14.0 Å². The third-order valence-corrected chi connectivity index (χ3v) is 3.78. The lowest BCUT2D eigenvalue weighted by atomic mass is 10.1. The molecule has 1 unspecified atom stereocenters. The van der Waals surface area contributed by atoms with E-state index in [1.165, 1.54) is 18.2 Å². The first-order valence-electron chi connectivity index (χ1n) is 6.98. The molecule has 0 aliphatic rings. The Kier molecular flexibility index (Phi) is 5.95. The average Bonchev–Trinajstić information content (AvgIpc) is 2.42. The summed E-state index contributed by atoms with van der Waals surface area (Å²) in [6.45, 7) is 6.06. The summed E-state index contributed by atoms with van der Waals surface area (Å²) in [4.78, 5) is 14.3. The second kappa shape index (κ2) is 7.24. The van der Waals surface area contributed by atoms with E-state index in [0.29, 0.717) is 11.7 Å². The number of likely N-dealkylation sites (N-methyl/N-ethyl adjacent to an activating group) is 1. The third kappa shape index (κ3) is 3.93. The number of amides is 1. The highest BCUT2D eigenvalue weighted by atomic mass is 19.1. The van der Waals surface area contributed by atoms with Crippen molar-refractivity contribution >= 4 is 17.3 Å². The lowest BCUT2D eigenvalue weighted by molar-refractivity contribution is -0.121. The molecule has 112 valence electrons. The SMILES string of the molecule is CCC(CC)N(C)C(C)C(=O)Nc1ccc(F)cc1N. The molecule has 20 heavy (non-hydrogen) atoms. The molecule has 0 bridgehead atoms. The van der Waals surface area contributed by atoms with Gasteiger partial charge in [0.1, 0.15) is 5.82 Å². The molecule has 0 radical (unpaired) electrons. The number of nitrogens with zero attached hydrogens (tertiary/aromatic N) is 1. The van der Waals surface area contributed by atoms with E-state index in [0.717, 1.165) is 12.8 Å². The number of nitrogens with two attached hydrogens (primary N) is 1. The Bertz CT molecular complexity index is 460. The Balaban J connectivity index is 2.75. The van der Waals surface area contributed by atoms with Gasteiger partial charge in [0.05, 0.1) is 17.4 Å². The molecule has 0 fully saturated rings. The van der Waals surface area contributed by atoms with E-state index >= 15 is 0 Å². The summed E-state index contributed by atoms with van der Waals surface area (Å²) in [6, 6.07) is 4.05. The molecule has 4 nitrogen and oxygen atoms in total. The van der Waals surface area contributed by atoms with Gasteiger partial charge in [0.25, 0.3) is 0 Å². The number of hydrogen-bond donors (Lipinski definition) is 2. The van der Waals surface area contributed by atoms with Gasteiger partial charge in [-0.25, -0.2) is 4.39 Å². The summed E-state index contributed by atoms with van der Waals surface area (Å²) in [5, 5.41) is 2.75. The summed E-state index contributed by atoms with van der Waals surface area (Å²) in [5.41, 5.74) is 6.37. The van der Waals surface area contributed by atoms with E-state index < -0.39 is 5.82 Å². The summed E-state index contributed by atoms with van der Waals surface area (Å²) >= 11 is 0. The molecule has 0 saturated heterocycles. The van der Waals surface area contributed by atoms with Crippen LogP contribution in [0, 0.1) is 5.82 Å². The second-order valence-electron chi connectivity index (χ2n) is 5.03. The van der Waals surface area contributed by atoms with Crippen molar-refractivity contribution < 1.29 is 9.18 Å². The van der Waals surface area contributed by atoms with Gasteiger partial charge in [-0.15, -0.1) is 0 Å². The number of halogens is 1. The van der Waals surface area contributed by atoms with Crippen LogP contribution in [0.15, 0.2) is 18.2 Å². The number of carbonyl (C=O) groups is 1. The van der Waals surface area contributed by atoms with E-state index in [-0.39, 0.29) is 17.6 Å². The van der Waals surface area contributed by atoms with Gasteiger partial charge < -0.3 is 11.1 Å². The Labute approximate surface area is 120 Å². The number of nitrogens with one attached hydrogen (secondary N) is 1. The van der Waals surface area contributed by atoms with Crippen molar-refractivity contribution in [3.05, 3.63) is 24.0 Å². The zero-order valence-electron chi connectivity index (χ0n) is 12.6. The minimum absolute atomic E-state index is 0.141. The van der Waals surface area contributed by atoms with Crippen molar-refractivity contribution in [2.75, 3.05) is 18.1 Å². The van der Waals surface area contributed by atoms with Crippen molar-refractivity contribution in [2.45, 2.75) is 45.7 Å². The van der Waals surface area contributed by atoms with Crippen molar-refractivity contribution in [1.82, 2.24) is 4.90 Å². The van der Waals surface area contributed by atoms with Crippen molar-refractivity contribution in [3.63, 3.8) is 0 Å². The van der Waals surface area contributed by atoms with Gasteiger partial charge in [-0.05, 0) is 45.0 Å². The molecule has 0 saturated carbocycles. The molecule has 3 N–H and O–H groups in total. The number of nitrogen functional groups attached to an aromatic ring is 1. The monoisotopic (exact) mass is 281 g/mol. The van der Waals surface area contributed by atoms with Crippen LogP contribution >= 0.6 is 0 Å². The maximum atomic E-state index is 13.0. The topological polar surface area (TPSA) is 58.4 Å². The quantitative estimate of drug-likeness (QED) is 0.788. The van der Waals surface area contributed by atoms with E-state index in [9.17, 15) is 9.18 Å². The zero-order chi connectivity index (χ0) is 15.3. The molecule has 0 spiro atoms. The fraction of sp³-hybridized carbons (Fsp3) is 0.533. The van der Waals surface area contributed by atoms with Crippen molar-refractivity contribution in [2.24, 2.45) is 0 Å². The third-order valence-electron chi connectivity index (χ3n) is 3.78. The summed E-state index contributed by atoms with van der Waals surface area (Å²) < 4.78 is 13.0. The Morgan fingerprint density at radius 3 is 2.50 bits per heavy atom. The van der Waals surface area contributed by atoms with Crippen LogP contribution in [-0.2, 0) is 4.79 Å².